The van der Waals surface area contributed by atoms with Crippen LogP contribution in [0.2, 0.25) is 0 Å². The van der Waals surface area contributed by atoms with E-state index in [1.165, 1.54) is 57.9 Å². The molecule has 1 unspecified atom stereocenters. The lowest BCUT2D eigenvalue weighted by Crippen LogP contribution is -2.48. The fourth-order valence-corrected chi connectivity index (χ4v) is 7.36. The minimum atomic E-state index is 0.0811. The van der Waals surface area contributed by atoms with E-state index in [9.17, 15) is 9.90 Å². The minimum absolute atomic E-state index is 0.0811. The van der Waals surface area contributed by atoms with Gasteiger partial charge in [0.2, 0.25) is 0 Å². The predicted molar refractivity (Wildman–Crippen MR) is 125 cm³/mol. The van der Waals surface area contributed by atoms with Gasteiger partial charge in [-0.1, -0.05) is 37.8 Å². The summed E-state index contributed by atoms with van der Waals surface area (Å²) in [5, 5.41) is 10.3. The first-order valence-corrected chi connectivity index (χ1v) is 12.7. The molecule has 3 aliphatic rings. The van der Waals surface area contributed by atoms with Crippen LogP contribution in [0, 0.1) is 17.3 Å². The summed E-state index contributed by atoms with van der Waals surface area (Å²) >= 11 is 0. The van der Waals surface area contributed by atoms with Crippen LogP contribution >= 0.6 is 0 Å². The van der Waals surface area contributed by atoms with Crippen LogP contribution in [0.4, 0.5) is 0 Å². The Balaban J connectivity index is 1.36. The van der Waals surface area contributed by atoms with Crippen LogP contribution in [0.15, 0.2) is 29.1 Å². The van der Waals surface area contributed by atoms with Crippen molar-refractivity contribution in [3.8, 4) is 0 Å². The second-order valence-corrected chi connectivity index (χ2v) is 10.5. The Hall–Kier alpha value is -1.59. The highest BCUT2D eigenvalue weighted by molar-refractivity contribution is 5.76. The first-order valence-electron chi connectivity index (χ1n) is 12.7. The van der Waals surface area contributed by atoms with E-state index in [4.69, 9.17) is 0 Å². The molecule has 2 aromatic rings. The van der Waals surface area contributed by atoms with Gasteiger partial charge in [-0.15, -0.1) is 0 Å². The van der Waals surface area contributed by atoms with Crippen molar-refractivity contribution in [1.82, 2.24) is 14.0 Å². The molecule has 3 fully saturated rings. The van der Waals surface area contributed by atoms with Crippen molar-refractivity contribution in [3.05, 3.63) is 34.7 Å². The van der Waals surface area contributed by atoms with E-state index in [2.05, 4.69) is 11.0 Å². The Labute approximate surface area is 186 Å². The van der Waals surface area contributed by atoms with Gasteiger partial charge < -0.3 is 10.0 Å². The molecular weight excluding hydrogens is 386 g/mol. The summed E-state index contributed by atoms with van der Waals surface area (Å²) in [4.78, 5) is 15.9. The molecule has 0 amide bonds. The molecule has 5 rings (SSSR count). The van der Waals surface area contributed by atoms with E-state index in [0.29, 0.717) is 12.0 Å². The van der Waals surface area contributed by atoms with E-state index < -0.39 is 0 Å². The van der Waals surface area contributed by atoms with Crippen LogP contribution in [-0.4, -0.2) is 45.4 Å². The van der Waals surface area contributed by atoms with Gasteiger partial charge in [-0.3, -0.25) is 9.13 Å². The second-order valence-electron chi connectivity index (χ2n) is 10.5. The Bertz CT molecular complexity index is 955. The number of likely N-dealkylation sites (tertiary alicyclic amines) is 1. The van der Waals surface area contributed by atoms with Gasteiger partial charge in [0, 0.05) is 44.7 Å². The molecule has 1 saturated heterocycles. The Morgan fingerprint density at radius 1 is 1.03 bits per heavy atom. The maximum Gasteiger partial charge on any atom is 0.329 e. The van der Waals surface area contributed by atoms with Crippen LogP contribution in [0.5, 0.6) is 0 Å². The van der Waals surface area contributed by atoms with Gasteiger partial charge in [0.25, 0.3) is 0 Å². The molecule has 2 aliphatic carbocycles. The van der Waals surface area contributed by atoms with Crippen LogP contribution in [-0.2, 0) is 6.54 Å². The lowest BCUT2D eigenvalue weighted by atomic mass is 9.67. The molecule has 1 spiro atoms. The average molecular weight is 426 g/mol. The molecule has 2 heterocycles. The lowest BCUT2D eigenvalue weighted by Gasteiger charge is -2.44. The standard InChI is InChI=1S/C26H39N3O2/c1-2-28-23-10-4-5-11-24(23)29(25(28)31)22-12-16-27(17-20(22)19-30)18-21-9-8-15-26(21)13-6-3-7-14-26/h4-5,10-11,20-22,30H,2-3,6-9,12-19H2,1H3/t20-,21?,22+/m0/s1. The number of nitrogens with zero attached hydrogens (tertiary/aromatic N) is 3. The maximum atomic E-state index is 13.3. The third kappa shape index (κ3) is 3.68. The van der Waals surface area contributed by atoms with E-state index in [1.54, 1.807) is 0 Å². The average Bonchev–Trinajstić information content (AvgIpc) is 3.31. The third-order valence-corrected chi connectivity index (χ3v) is 8.95. The number of fused-ring (bicyclic) bond motifs is 1. The van der Waals surface area contributed by atoms with Crippen molar-refractivity contribution in [1.29, 1.82) is 0 Å². The number of hydrogen-bond acceptors (Lipinski definition) is 3. The minimum Gasteiger partial charge on any atom is -0.396 e. The number of aromatic nitrogens is 2. The summed E-state index contributed by atoms with van der Waals surface area (Å²) in [6.07, 6.45) is 12.3. The second kappa shape index (κ2) is 8.74. The number of aliphatic hydroxyl groups excluding tert-OH is 1. The molecule has 0 bridgehead atoms. The summed E-state index contributed by atoms with van der Waals surface area (Å²) < 4.78 is 3.87. The maximum absolute atomic E-state index is 13.3. The van der Waals surface area contributed by atoms with Crippen LogP contribution in [0.1, 0.15) is 70.8 Å². The largest absolute Gasteiger partial charge is 0.396 e. The zero-order chi connectivity index (χ0) is 21.4. The summed E-state index contributed by atoms with van der Waals surface area (Å²) in [5.74, 6) is 0.944. The Kier molecular flexibility index (Phi) is 6.00. The van der Waals surface area contributed by atoms with Crippen molar-refractivity contribution < 1.29 is 5.11 Å². The fraction of sp³-hybridized carbons (Fsp3) is 0.731. The molecule has 5 heteroatoms. The van der Waals surface area contributed by atoms with Crippen molar-refractivity contribution in [2.75, 3.05) is 26.2 Å². The molecule has 0 radical (unpaired) electrons. The SMILES string of the molecule is CCn1c(=O)n([C@@H]2CCN(CC3CCCC34CCCCC4)C[C@H]2CO)c2ccccc21. The van der Waals surface area contributed by atoms with Gasteiger partial charge in [-0.2, -0.15) is 0 Å². The first kappa shape index (κ1) is 21.3. The molecule has 1 aromatic carbocycles. The van der Waals surface area contributed by atoms with Crippen molar-refractivity contribution in [2.24, 2.45) is 17.3 Å². The van der Waals surface area contributed by atoms with Gasteiger partial charge in [0.1, 0.15) is 0 Å². The zero-order valence-electron chi connectivity index (χ0n) is 19.1. The van der Waals surface area contributed by atoms with Crippen molar-refractivity contribution >= 4 is 11.0 Å². The molecule has 170 valence electrons. The van der Waals surface area contributed by atoms with Gasteiger partial charge in [-0.25, -0.2) is 4.79 Å². The summed E-state index contributed by atoms with van der Waals surface area (Å²) in [6.45, 7) is 5.99. The van der Waals surface area contributed by atoms with Crippen LogP contribution in [0.3, 0.4) is 0 Å². The molecule has 3 atom stereocenters. The Morgan fingerprint density at radius 2 is 1.77 bits per heavy atom. The van der Waals surface area contributed by atoms with Crippen molar-refractivity contribution in [2.45, 2.75) is 77.3 Å². The molecule has 1 N–H and O–H groups in total. The monoisotopic (exact) mass is 425 g/mol. The fourth-order valence-electron chi connectivity index (χ4n) is 7.36. The van der Waals surface area contributed by atoms with E-state index in [1.807, 2.05) is 34.3 Å². The number of aryl methyl sites for hydroxylation is 1. The molecule has 31 heavy (non-hydrogen) atoms. The number of imidazole rings is 1. The first-order chi connectivity index (χ1) is 15.2. The van der Waals surface area contributed by atoms with Crippen molar-refractivity contribution in [3.63, 3.8) is 0 Å². The number of aliphatic hydroxyl groups is 1. The predicted octanol–water partition coefficient (Wildman–Crippen LogP) is 4.43. The zero-order valence-corrected chi connectivity index (χ0v) is 19.1. The Morgan fingerprint density at radius 3 is 2.52 bits per heavy atom. The highest BCUT2D eigenvalue weighted by Crippen LogP contribution is 2.53. The number of benzene rings is 1. The van der Waals surface area contributed by atoms with Gasteiger partial charge in [0.05, 0.1) is 11.0 Å². The number of piperidine rings is 1. The van der Waals surface area contributed by atoms with E-state index >= 15 is 0 Å². The molecule has 2 saturated carbocycles. The molecule has 5 nitrogen and oxygen atoms in total. The molecule has 1 aliphatic heterocycles. The van der Waals surface area contributed by atoms with E-state index in [0.717, 1.165) is 36.5 Å². The highest BCUT2D eigenvalue weighted by Gasteiger charge is 2.44. The highest BCUT2D eigenvalue weighted by atomic mass is 16.3. The van der Waals surface area contributed by atoms with Crippen LogP contribution in [0.25, 0.3) is 11.0 Å². The summed E-state index contributed by atoms with van der Waals surface area (Å²) in [7, 11) is 0. The molecule has 1 aromatic heterocycles. The number of hydrogen-bond donors (Lipinski definition) is 1. The quantitative estimate of drug-likeness (QED) is 0.771. The topological polar surface area (TPSA) is 50.4 Å². The third-order valence-electron chi connectivity index (χ3n) is 8.95. The smallest absolute Gasteiger partial charge is 0.329 e. The summed E-state index contributed by atoms with van der Waals surface area (Å²) in [5.41, 5.74) is 2.72. The lowest BCUT2D eigenvalue weighted by molar-refractivity contribution is 0.0387. The molecular formula is C26H39N3O2. The number of rotatable bonds is 5. The van der Waals surface area contributed by atoms with Gasteiger partial charge in [0.15, 0.2) is 0 Å². The van der Waals surface area contributed by atoms with Gasteiger partial charge >= 0.3 is 5.69 Å². The van der Waals surface area contributed by atoms with E-state index in [-0.39, 0.29) is 24.3 Å². The number of para-hydroxylation sites is 2. The van der Waals surface area contributed by atoms with Crippen LogP contribution < -0.4 is 5.69 Å². The normalized spacial score (nSPS) is 29.2. The summed E-state index contributed by atoms with van der Waals surface area (Å²) in [6, 6.07) is 8.22. The van der Waals surface area contributed by atoms with Gasteiger partial charge in [-0.05, 0) is 62.5 Å².